The molecule has 0 aliphatic carbocycles. The molecule has 1 fully saturated rings. The zero-order chi connectivity index (χ0) is 9.26. The monoisotopic (exact) mass is 217 g/mol. The highest BCUT2D eigenvalue weighted by Gasteiger charge is 2.20. The smallest absolute Gasteiger partial charge is 0.205 e. The van der Waals surface area contributed by atoms with Crippen molar-refractivity contribution in [1.82, 2.24) is 9.36 Å². The summed E-state index contributed by atoms with van der Waals surface area (Å²) in [5.41, 5.74) is 0. The molecule has 1 unspecified atom stereocenters. The van der Waals surface area contributed by atoms with Crippen LogP contribution in [-0.4, -0.2) is 27.8 Å². The molecule has 2 heterocycles. The number of halogens is 1. The number of rotatable bonds is 1. The molecule has 0 bridgehead atoms. The van der Waals surface area contributed by atoms with Crippen molar-refractivity contribution in [2.24, 2.45) is 0 Å². The summed E-state index contributed by atoms with van der Waals surface area (Å²) in [5.74, 6) is 0.858. The number of aryl methyl sites for hydroxylation is 1. The van der Waals surface area contributed by atoms with Gasteiger partial charge in [0.05, 0.1) is 5.38 Å². The van der Waals surface area contributed by atoms with Gasteiger partial charge in [-0.05, 0) is 19.8 Å². The van der Waals surface area contributed by atoms with E-state index >= 15 is 0 Å². The van der Waals surface area contributed by atoms with Crippen LogP contribution in [0.25, 0.3) is 0 Å². The van der Waals surface area contributed by atoms with Crippen LogP contribution in [0.3, 0.4) is 0 Å². The van der Waals surface area contributed by atoms with E-state index in [1.165, 1.54) is 11.5 Å². The van der Waals surface area contributed by atoms with Gasteiger partial charge in [0.1, 0.15) is 5.82 Å². The van der Waals surface area contributed by atoms with Gasteiger partial charge < -0.3 is 4.90 Å². The first-order chi connectivity index (χ1) is 6.25. The van der Waals surface area contributed by atoms with E-state index in [9.17, 15) is 0 Å². The Hall–Kier alpha value is -0.350. The van der Waals surface area contributed by atoms with Gasteiger partial charge in [-0.25, -0.2) is 4.98 Å². The molecule has 0 spiro atoms. The molecule has 1 aromatic heterocycles. The third-order valence-corrected chi connectivity index (χ3v) is 3.38. The zero-order valence-electron chi connectivity index (χ0n) is 7.53. The molecule has 2 rings (SSSR count). The summed E-state index contributed by atoms with van der Waals surface area (Å²) >= 11 is 7.55. The maximum atomic E-state index is 6.08. The molecule has 1 aliphatic heterocycles. The fourth-order valence-corrected chi connectivity index (χ4v) is 2.54. The van der Waals surface area contributed by atoms with Crippen molar-refractivity contribution >= 4 is 28.3 Å². The maximum absolute atomic E-state index is 6.08. The zero-order valence-corrected chi connectivity index (χ0v) is 9.11. The second-order valence-corrected chi connectivity index (χ2v) is 4.66. The number of hydrogen-bond donors (Lipinski definition) is 0. The lowest BCUT2D eigenvalue weighted by Crippen LogP contribution is -2.35. The third-order valence-electron chi connectivity index (χ3n) is 2.15. The highest BCUT2D eigenvalue weighted by molar-refractivity contribution is 7.09. The summed E-state index contributed by atoms with van der Waals surface area (Å²) in [5, 5.41) is 1.29. The van der Waals surface area contributed by atoms with Crippen molar-refractivity contribution < 1.29 is 0 Å². The van der Waals surface area contributed by atoms with E-state index in [1.54, 1.807) is 0 Å². The van der Waals surface area contributed by atoms with E-state index in [-0.39, 0.29) is 5.38 Å². The van der Waals surface area contributed by atoms with Gasteiger partial charge in [0.25, 0.3) is 0 Å². The Bertz CT molecular complexity index is 289. The molecule has 1 atom stereocenters. The topological polar surface area (TPSA) is 29.0 Å². The van der Waals surface area contributed by atoms with E-state index in [4.69, 9.17) is 11.6 Å². The molecular formula is C8H12ClN3S. The Kier molecular flexibility index (Phi) is 2.69. The number of anilines is 1. The SMILES string of the molecule is Cc1nsc(N2CCCC(Cl)C2)n1. The average molecular weight is 218 g/mol. The fraction of sp³-hybridized carbons (Fsp3) is 0.750. The first kappa shape index (κ1) is 9.21. The van der Waals surface area contributed by atoms with Gasteiger partial charge in [-0.3, -0.25) is 0 Å². The molecule has 72 valence electrons. The Balaban J connectivity index is 2.08. The van der Waals surface area contributed by atoms with E-state index in [0.717, 1.165) is 36.9 Å². The highest BCUT2D eigenvalue weighted by Crippen LogP contribution is 2.23. The second kappa shape index (κ2) is 3.80. The Morgan fingerprint density at radius 3 is 3.08 bits per heavy atom. The summed E-state index contributed by atoms with van der Waals surface area (Å²) in [7, 11) is 0. The predicted molar refractivity (Wildman–Crippen MR) is 55.7 cm³/mol. The summed E-state index contributed by atoms with van der Waals surface area (Å²) in [6.07, 6.45) is 2.28. The van der Waals surface area contributed by atoms with E-state index < -0.39 is 0 Å². The molecule has 1 aromatic rings. The Labute approximate surface area is 86.9 Å². The van der Waals surface area contributed by atoms with Crippen LogP contribution in [0.5, 0.6) is 0 Å². The van der Waals surface area contributed by atoms with Gasteiger partial charge in [-0.15, -0.1) is 11.6 Å². The van der Waals surface area contributed by atoms with Crippen molar-refractivity contribution in [1.29, 1.82) is 0 Å². The standard InChI is InChI=1S/C8H12ClN3S/c1-6-10-8(13-11-6)12-4-2-3-7(9)5-12/h7H,2-5H2,1H3. The van der Waals surface area contributed by atoms with Crippen LogP contribution in [0, 0.1) is 6.92 Å². The van der Waals surface area contributed by atoms with Crippen molar-refractivity contribution in [2.45, 2.75) is 25.1 Å². The van der Waals surface area contributed by atoms with Crippen LogP contribution < -0.4 is 4.90 Å². The lowest BCUT2D eigenvalue weighted by molar-refractivity contribution is 0.583. The molecule has 3 nitrogen and oxygen atoms in total. The summed E-state index contributed by atoms with van der Waals surface area (Å²) in [6, 6.07) is 0. The van der Waals surface area contributed by atoms with Gasteiger partial charge in [-0.2, -0.15) is 4.37 Å². The van der Waals surface area contributed by atoms with Crippen LogP contribution >= 0.6 is 23.1 Å². The normalized spacial score (nSPS) is 23.5. The van der Waals surface area contributed by atoms with Crippen molar-refractivity contribution in [2.75, 3.05) is 18.0 Å². The van der Waals surface area contributed by atoms with Gasteiger partial charge in [0.15, 0.2) is 0 Å². The molecule has 1 saturated heterocycles. The van der Waals surface area contributed by atoms with Gasteiger partial charge in [-0.1, -0.05) is 0 Å². The van der Waals surface area contributed by atoms with Crippen LogP contribution in [0.2, 0.25) is 0 Å². The summed E-state index contributed by atoms with van der Waals surface area (Å²) in [6.45, 7) is 3.90. The van der Waals surface area contributed by atoms with Crippen LogP contribution in [0.15, 0.2) is 0 Å². The lowest BCUT2D eigenvalue weighted by Gasteiger charge is -2.28. The predicted octanol–water partition coefficient (Wildman–Crippen LogP) is 2.05. The second-order valence-electron chi connectivity index (χ2n) is 3.31. The number of nitrogens with zero attached hydrogens (tertiary/aromatic N) is 3. The van der Waals surface area contributed by atoms with Crippen LogP contribution in [0.1, 0.15) is 18.7 Å². The number of hydrogen-bond acceptors (Lipinski definition) is 4. The van der Waals surface area contributed by atoms with E-state index in [1.807, 2.05) is 6.92 Å². The van der Waals surface area contributed by atoms with Crippen molar-refractivity contribution in [3.63, 3.8) is 0 Å². The van der Waals surface area contributed by atoms with E-state index in [0.29, 0.717) is 0 Å². The van der Waals surface area contributed by atoms with E-state index in [2.05, 4.69) is 14.3 Å². The number of piperidine rings is 1. The first-order valence-corrected chi connectivity index (χ1v) is 5.66. The molecule has 1 aliphatic rings. The highest BCUT2D eigenvalue weighted by atomic mass is 35.5. The Morgan fingerprint density at radius 1 is 1.62 bits per heavy atom. The minimum Gasteiger partial charge on any atom is -0.345 e. The number of aromatic nitrogens is 2. The van der Waals surface area contributed by atoms with Crippen molar-refractivity contribution in [3.05, 3.63) is 5.82 Å². The van der Waals surface area contributed by atoms with Crippen LogP contribution in [-0.2, 0) is 0 Å². The molecule has 5 heteroatoms. The molecule has 0 N–H and O–H groups in total. The quantitative estimate of drug-likeness (QED) is 0.675. The molecule has 0 aromatic carbocycles. The van der Waals surface area contributed by atoms with Gasteiger partial charge in [0, 0.05) is 24.6 Å². The minimum absolute atomic E-state index is 0.276. The average Bonchev–Trinajstić information content (AvgIpc) is 2.52. The maximum Gasteiger partial charge on any atom is 0.205 e. The van der Waals surface area contributed by atoms with Gasteiger partial charge in [0.2, 0.25) is 5.13 Å². The number of alkyl halides is 1. The Morgan fingerprint density at radius 2 is 2.46 bits per heavy atom. The summed E-state index contributed by atoms with van der Waals surface area (Å²) in [4.78, 5) is 6.57. The first-order valence-electron chi connectivity index (χ1n) is 4.45. The molecule has 13 heavy (non-hydrogen) atoms. The molecular weight excluding hydrogens is 206 g/mol. The molecule has 0 amide bonds. The van der Waals surface area contributed by atoms with Crippen LogP contribution in [0.4, 0.5) is 5.13 Å². The fourth-order valence-electron chi connectivity index (χ4n) is 1.51. The minimum atomic E-state index is 0.276. The third kappa shape index (κ3) is 2.11. The van der Waals surface area contributed by atoms with Crippen molar-refractivity contribution in [3.8, 4) is 0 Å². The molecule has 0 saturated carbocycles. The largest absolute Gasteiger partial charge is 0.345 e. The van der Waals surface area contributed by atoms with Gasteiger partial charge >= 0.3 is 0 Å². The summed E-state index contributed by atoms with van der Waals surface area (Å²) < 4.78 is 4.16. The molecule has 0 radical (unpaired) electrons. The lowest BCUT2D eigenvalue weighted by atomic mass is 10.1.